The molecule has 3 aromatic rings. The summed E-state index contributed by atoms with van der Waals surface area (Å²) in [5.41, 5.74) is 1.38. The van der Waals surface area contributed by atoms with E-state index in [1.165, 1.54) is 12.1 Å². The number of carbonyl (C=O) groups is 2. The van der Waals surface area contributed by atoms with Crippen molar-refractivity contribution in [1.29, 1.82) is 0 Å². The van der Waals surface area contributed by atoms with E-state index in [0.29, 0.717) is 35.4 Å². The SMILES string of the molecule is CCCCOC(=O)NC(CCc1ccc(-c2cc(Cl)ccc2F)cc1)C(C)(CO)C(=O)OCc1ccccc1. The van der Waals surface area contributed by atoms with Gasteiger partial charge in [-0.2, -0.15) is 0 Å². The van der Waals surface area contributed by atoms with Gasteiger partial charge in [0.1, 0.15) is 17.8 Å². The second-order valence-corrected chi connectivity index (χ2v) is 10.1. The summed E-state index contributed by atoms with van der Waals surface area (Å²) < 4.78 is 25.1. The predicted molar refractivity (Wildman–Crippen MR) is 150 cm³/mol. The van der Waals surface area contributed by atoms with Gasteiger partial charge in [-0.3, -0.25) is 4.79 Å². The van der Waals surface area contributed by atoms with Crippen LogP contribution in [0, 0.1) is 11.2 Å². The van der Waals surface area contributed by atoms with Crippen LogP contribution >= 0.6 is 11.6 Å². The van der Waals surface area contributed by atoms with Crippen molar-refractivity contribution in [2.24, 2.45) is 5.41 Å². The lowest BCUT2D eigenvalue weighted by Crippen LogP contribution is -2.53. The predicted octanol–water partition coefficient (Wildman–Crippen LogP) is 6.72. The summed E-state index contributed by atoms with van der Waals surface area (Å²) in [5, 5.41) is 13.5. The Balaban J connectivity index is 1.75. The summed E-state index contributed by atoms with van der Waals surface area (Å²) in [4.78, 5) is 25.8. The van der Waals surface area contributed by atoms with Crippen LogP contribution < -0.4 is 5.32 Å². The molecule has 0 aliphatic rings. The lowest BCUT2D eigenvalue weighted by Gasteiger charge is -2.34. The van der Waals surface area contributed by atoms with E-state index in [2.05, 4.69) is 5.32 Å². The molecule has 3 rings (SSSR count). The second kappa shape index (κ2) is 14.7. The molecule has 0 saturated heterocycles. The lowest BCUT2D eigenvalue weighted by atomic mass is 9.80. The average Bonchev–Trinajstić information content (AvgIpc) is 2.95. The molecule has 0 fully saturated rings. The van der Waals surface area contributed by atoms with E-state index in [9.17, 15) is 19.1 Å². The van der Waals surface area contributed by atoms with Gasteiger partial charge in [-0.1, -0.05) is 79.5 Å². The molecule has 0 saturated carbocycles. The minimum Gasteiger partial charge on any atom is -0.460 e. The van der Waals surface area contributed by atoms with E-state index in [1.54, 1.807) is 25.1 Å². The number of ether oxygens (including phenoxy) is 2. The first-order chi connectivity index (χ1) is 18.8. The molecular weight excluding hydrogens is 521 g/mol. The topological polar surface area (TPSA) is 84.9 Å². The number of halogens is 2. The van der Waals surface area contributed by atoms with Crippen molar-refractivity contribution in [2.45, 2.75) is 52.2 Å². The molecule has 39 heavy (non-hydrogen) atoms. The van der Waals surface area contributed by atoms with E-state index in [1.807, 2.05) is 49.4 Å². The zero-order chi connectivity index (χ0) is 28.3. The third-order valence-corrected chi connectivity index (χ3v) is 6.95. The van der Waals surface area contributed by atoms with Crippen LogP contribution in [0.15, 0.2) is 72.8 Å². The largest absolute Gasteiger partial charge is 0.460 e. The van der Waals surface area contributed by atoms with E-state index in [0.717, 1.165) is 17.5 Å². The molecule has 0 aromatic heterocycles. The van der Waals surface area contributed by atoms with Gasteiger partial charge >= 0.3 is 12.1 Å². The smallest absolute Gasteiger partial charge is 0.407 e. The van der Waals surface area contributed by atoms with Crippen LogP contribution in [0.3, 0.4) is 0 Å². The molecule has 208 valence electrons. The van der Waals surface area contributed by atoms with Gasteiger partial charge in [-0.15, -0.1) is 0 Å². The Kier molecular flexibility index (Phi) is 11.3. The van der Waals surface area contributed by atoms with Crippen LogP contribution in [0.2, 0.25) is 5.02 Å². The Bertz CT molecular complexity index is 1220. The van der Waals surface area contributed by atoms with Gasteiger partial charge in [0.05, 0.1) is 19.3 Å². The maximum Gasteiger partial charge on any atom is 0.407 e. The average molecular weight is 556 g/mol. The van der Waals surface area contributed by atoms with E-state index in [4.69, 9.17) is 21.1 Å². The molecule has 0 aliphatic heterocycles. The highest BCUT2D eigenvalue weighted by molar-refractivity contribution is 6.30. The van der Waals surface area contributed by atoms with Crippen molar-refractivity contribution >= 4 is 23.7 Å². The minimum absolute atomic E-state index is 0.0461. The number of hydrogen-bond donors (Lipinski definition) is 2. The van der Waals surface area contributed by atoms with Gasteiger partial charge in [-0.05, 0) is 61.1 Å². The van der Waals surface area contributed by atoms with Crippen LogP contribution in [-0.2, 0) is 27.3 Å². The zero-order valence-corrected chi connectivity index (χ0v) is 23.0. The second-order valence-electron chi connectivity index (χ2n) is 9.68. The fraction of sp³-hybridized carbons (Fsp3) is 0.355. The Morgan fingerprint density at radius 2 is 1.74 bits per heavy atom. The molecule has 8 heteroatoms. The summed E-state index contributed by atoms with van der Waals surface area (Å²) in [5.74, 6) is -0.995. The highest BCUT2D eigenvalue weighted by atomic mass is 35.5. The maximum atomic E-state index is 14.3. The molecule has 2 unspecified atom stereocenters. The third-order valence-electron chi connectivity index (χ3n) is 6.71. The number of aliphatic hydroxyl groups is 1. The van der Waals surface area contributed by atoms with Crippen molar-refractivity contribution in [3.8, 4) is 11.1 Å². The minimum atomic E-state index is -1.41. The molecule has 0 heterocycles. The highest BCUT2D eigenvalue weighted by Gasteiger charge is 2.43. The highest BCUT2D eigenvalue weighted by Crippen LogP contribution is 2.29. The number of unbranched alkanes of at least 4 members (excludes halogenated alkanes) is 1. The standard InChI is InChI=1S/C31H35ClFNO5/c1-3-4-18-38-30(37)34-28(31(2,21-35)29(36)39-20-23-8-6-5-7-9-23)17-12-22-10-13-24(14-11-22)26-19-25(32)15-16-27(26)33/h5-11,13-16,19,28,35H,3-4,12,17-18,20-21H2,1-2H3,(H,34,37). The van der Waals surface area contributed by atoms with Crippen molar-refractivity contribution in [3.05, 3.63) is 94.8 Å². The first kappa shape index (κ1) is 30.1. The van der Waals surface area contributed by atoms with Crippen molar-refractivity contribution < 1.29 is 28.6 Å². The first-order valence-corrected chi connectivity index (χ1v) is 13.4. The van der Waals surface area contributed by atoms with Gasteiger partial charge in [-0.25, -0.2) is 9.18 Å². The fourth-order valence-electron chi connectivity index (χ4n) is 4.13. The number of aryl methyl sites for hydroxylation is 1. The van der Waals surface area contributed by atoms with Crippen molar-refractivity contribution in [2.75, 3.05) is 13.2 Å². The summed E-state index contributed by atoms with van der Waals surface area (Å²) in [7, 11) is 0. The fourth-order valence-corrected chi connectivity index (χ4v) is 4.30. The monoisotopic (exact) mass is 555 g/mol. The summed E-state index contributed by atoms with van der Waals surface area (Å²) in [6.45, 7) is 3.33. The number of benzene rings is 3. The molecule has 0 spiro atoms. The van der Waals surface area contributed by atoms with E-state index >= 15 is 0 Å². The summed E-state index contributed by atoms with van der Waals surface area (Å²) >= 11 is 6.03. The Hall–Kier alpha value is -3.42. The number of aliphatic hydroxyl groups excluding tert-OH is 1. The molecule has 3 aromatic carbocycles. The molecule has 1 amide bonds. The van der Waals surface area contributed by atoms with E-state index < -0.39 is 30.1 Å². The number of amides is 1. The molecule has 0 radical (unpaired) electrons. The van der Waals surface area contributed by atoms with Crippen molar-refractivity contribution in [3.63, 3.8) is 0 Å². The van der Waals surface area contributed by atoms with Gasteiger partial charge < -0.3 is 19.9 Å². The molecular formula is C31H35ClFNO5. The molecule has 0 aliphatic carbocycles. The number of esters is 1. The van der Waals surface area contributed by atoms with Crippen LogP contribution in [0.4, 0.5) is 9.18 Å². The van der Waals surface area contributed by atoms with Gasteiger partial charge in [0, 0.05) is 10.6 Å². The number of hydrogen-bond acceptors (Lipinski definition) is 5. The van der Waals surface area contributed by atoms with Gasteiger partial charge in [0.2, 0.25) is 0 Å². The van der Waals surface area contributed by atoms with Crippen LogP contribution in [0.25, 0.3) is 11.1 Å². The lowest BCUT2D eigenvalue weighted by molar-refractivity contribution is -0.161. The summed E-state index contributed by atoms with van der Waals surface area (Å²) in [6.07, 6.45) is 1.72. The van der Waals surface area contributed by atoms with Crippen molar-refractivity contribution in [1.82, 2.24) is 5.32 Å². The Morgan fingerprint density at radius 3 is 2.41 bits per heavy atom. The quantitative estimate of drug-likeness (QED) is 0.181. The van der Waals surface area contributed by atoms with Crippen LogP contribution in [-0.4, -0.2) is 36.4 Å². The molecule has 0 bridgehead atoms. The Morgan fingerprint density at radius 1 is 1.03 bits per heavy atom. The van der Waals surface area contributed by atoms with Gasteiger partial charge in [0.25, 0.3) is 0 Å². The van der Waals surface area contributed by atoms with E-state index in [-0.39, 0.29) is 19.0 Å². The summed E-state index contributed by atoms with van der Waals surface area (Å²) in [6, 6.07) is 20.2. The molecule has 2 atom stereocenters. The number of carbonyl (C=O) groups excluding carboxylic acids is 2. The number of nitrogens with one attached hydrogen (secondary N) is 1. The normalized spacial score (nSPS) is 13.3. The molecule has 6 nitrogen and oxygen atoms in total. The number of alkyl carbamates (subject to hydrolysis) is 1. The van der Waals surface area contributed by atoms with Gasteiger partial charge in [0.15, 0.2) is 0 Å². The third kappa shape index (κ3) is 8.53. The van der Waals surface area contributed by atoms with Crippen LogP contribution in [0.5, 0.6) is 0 Å². The maximum absolute atomic E-state index is 14.3. The molecule has 2 N–H and O–H groups in total. The zero-order valence-electron chi connectivity index (χ0n) is 22.3. The van der Waals surface area contributed by atoms with Crippen LogP contribution in [0.1, 0.15) is 44.2 Å². The Labute approximate surface area is 234 Å². The first-order valence-electron chi connectivity index (χ1n) is 13.1. The number of rotatable bonds is 13.